The third-order valence-corrected chi connectivity index (χ3v) is 2.88. The van der Waals surface area contributed by atoms with E-state index >= 15 is 0 Å². The first-order chi connectivity index (χ1) is 6.57. The van der Waals surface area contributed by atoms with Crippen LogP contribution in [0.2, 0.25) is 0 Å². The van der Waals surface area contributed by atoms with E-state index in [0.717, 1.165) is 19.3 Å². The molecule has 0 aromatic heterocycles. The molecule has 1 rings (SSSR count). The Kier molecular flexibility index (Phi) is 4.38. The average Bonchev–Trinajstić information content (AvgIpc) is 2.13. The van der Waals surface area contributed by atoms with Gasteiger partial charge in [0.05, 0.1) is 10.1 Å². The summed E-state index contributed by atoms with van der Waals surface area (Å²) in [6.45, 7) is 2.74. The highest BCUT2D eigenvalue weighted by Gasteiger charge is 2.22. The highest BCUT2D eigenvalue weighted by Crippen LogP contribution is 2.23. The lowest BCUT2D eigenvalue weighted by Gasteiger charge is -2.37. The Bertz CT molecular complexity index is 266. The van der Waals surface area contributed by atoms with Crippen LogP contribution in [0.3, 0.4) is 0 Å². The van der Waals surface area contributed by atoms with Crippen molar-refractivity contribution in [2.45, 2.75) is 26.2 Å². The van der Waals surface area contributed by atoms with Crippen LogP contribution in [0.5, 0.6) is 0 Å². The summed E-state index contributed by atoms with van der Waals surface area (Å²) in [7, 11) is 0. The van der Waals surface area contributed by atoms with Crippen LogP contribution in [0.15, 0.2) is 15.2 Å². The third-order valence-electron chi connectivity index (χ3n) is 2.14. The van der Waals surface area contributed by atoms with Crippen LogP contribution in [0, 0.1) is 5.21 Å². The summed E-state index contributed by atoms with van der Waals surface area (Å²) in [6, 6.07) is 0. The molecule has 0 N–H and O–H groups in total. The molecule has 14 heavy (non-hydrogen) atoms. The second-order valence-electron chi connectivity index (χ2n) is 3.43. The first-order valence-corrected chi connectivity index (χ1v) is 5.51. The number of hydrogen-bond donors (Lipinski definition) is 0. The average molecular weight is 237 g/mol. The van der Waals surface area contributed by atoms with E-state index in [-0.39, 0.29) is 6.54 Å². The van der Waals surface area contributed by atoms with Gasteiger partial charge in [0.1, 0.15) is 19.3 Å². The molecule has 1 unspecified atom stereocenters. The quantitative estimate of drug-likeness (QED) is 0.420. The lowest BCUT2D eigenvalue weighted by atomic mass is 10.2. The first kappa shape index (κ1) is 12.0. The largest absolute Gasteiger partial charge is 0.604 e. The van der Waals surface area contributed by atoms with Crippen molar-refractivity contribution in [1.29, 1.82) is 0 Å². The zero-order chi connectivity index (χ0) is 10.6. The van der Waals surface area contributed by atoms with Crippen LogP contribution in [-0.4, -0.2) is 24.1 Å². The molecule has 0 saturated heterocycles. The fourth-order valence-corrected chi connectivity index (χ4v) is 1.64. The van der Waals surface area contributed by atoms with E-state index in [4.69, 9.17) is 23.2 Å². The van der Waals surface area contributed by atoms with Crippen LogP contribution in [0.4, 0.5) is 0 Å². The van der Waals surface area contributed by atoms with Gasteiger partial charge in [0.2, 0.25) is 0 Å². The minimum atomic E-state index is -0.616. The second kappa shape index (κ2) is 5.12. The number of nitrogens with zero attached hydrogens (tertiary/aromatic N) is 2. The number of unbranched alkanes of at least 4 members (excludes halogenated alkanes) is 2. The Labute approximate surface area is 94.2 Å². The van der Waals surface area contributed by atoms with Crippen LogP contribution < -0.4 is 0 Å². The van der Waals surface area contributed by atoms with Gasteiger partial charge in [-0.15, -0.1) is 0 Å². The lowest BCUT2D eigenvalue weighted by Crippen LogP contribution is -2.40. The van der Waals surface area contributed by atoms with E-state index in [2.05, 4.69) is 12.0 Å². The summed E-state index contributed by atoms with van der Waals surface area (Å²) in [4.78, 5) is 0. The zero-order valence-corrected chi connectivity index (χ0v) is 9.68. The topological polar surface area (TPSA) is 35.4 Å². The number of allylic oxidation sites excluding steroid dienone is 1. The molecule has 0 spiro atoms. The molecule has 0 bridgehead atoms. The maximum atomic E-state index is 11.9. The number of quaternary nitrogens is 1. The predicted octanol–water partition coefficient (Wildman–Crippen LogP) is 3.18. The zero-order valence-electron chi connectivity index (χ0n) is 8.17. The highest BCUT2D eigenvalue weighted by atomic mass is 35.5. The van der Waals surface area contributed by atoms with Crippen molar-refractivity contribution in [1.82, 2.24) is 0 Å². The fourth-order valence-electron chi connectivity index (χ4n) is 1.30. The third kappa shape index (κ3) is 3.24. The van der Waals surface area contributed by atoms with E-state index in [0.29, 0.717) is 16.6 Å². The van der Waals surface area contributed by atoms with Gasteiger partial charge < -0.3 is 5.21 Å². The molecule has 3 nitrogen and oxygen atoms in total. The molecule has 1 aliphatic rings. The Balaban J connectivity index is 2.50. The van der Waals surface area contributed by atoms with E-state index in [1.807, 2.05) is 0 Å². The van der Waals surface area contributed by atoms with Gasteiger partial charge >= 0.3 is 0 Å². The Morgan fingerprint density at radius 2 is 2.21 bits per heavy atom. The molecule has 0 fully saturated rings. The van der Waals surface area contributed by atoms with Gasteiger partial charge in [0.25, 0.3) is 0 Å². The molecule has 1 atom stereocenters. The van der Waals surface area contributed by atoms with Crippen molar-refractivity contribution in [3.05, 3.63) is 15.3 Å². The van der Waals surface area contributed by atoms with Crippen molar-refractivity contribution in [2.24, 2.45) is 5.10 Å². The Hall–Kier alpha value is -0.0900. The normalized spacial score (nSPS) is 27.1. The van der Waals surface area contributed by atoms with Crippen molar-refractivity contribution >= 4 is 29.4 Å². The van der Waals surface area contributed by atoms with Gasteiger partial charge in [-0.1, -0.05) is 41.6 Å². The van der Waals surface area contributed by atoms with Gasteiger partial charge in [-0.25, -0.2) is 4.76 Å². The van der Waals surface area contributed by atoms with Crippen LogP contribution in [0.25, 0.3) is 0 Å². The number of halogens is 2. The standard InChI is InChI=1S/C9H14Cl2N2O/c1-2-3-4-5-13(14)7-9(11)8(10)6-12-13/h6H,2-5,7H2,1H3. The van der Waals surface area contributed by atoms with E-state index in [1.165, 1.54) is 6.21 Å². The molecule has 0 aromatic carbocycles. The van der Waals surface area contributed by atoms with Gasteiger partial charge in [0, 0.05) is 0 Å². The second-order valence-corrected chi connectivity index (χ2v) is 4.30. The van der Waals surface area contributed by atoms with E-state index in [1.54, 1.807) is 0 Å². The molecule has 0 radical (unpaired) electrons. The molecular weight excluding hydrogens is 223 g/mol. The number of hydrogen-bond acceptors (Lipinski definition) is 2. The van der Waals surface area contributed by atoms with Gasteiger partial charge in [0.15, 0.2) is 0 Å². The molecule has 1 heterocycles. The summed E-state index contributed by atoms with van der Waals surface area (Å²) in [6.07, 6.45) is 4.37. The predicted molar refractivity (Wildman–Crippen MR) is 60.1 cm³/mol. The first-order valence-electron chi connectivity index (χ1n) is 4.75. The molecule has 0 saturated carbocycles. The molecule has 5 heteroatoms. The summed E-state index contributed by atoms with van der Waals surface area (Å²) in [5.74, 6) is 0. The fraction of sp³-hybridized carbons (Fsp3) is 0.667. The molecule has 1 aliphatic heterocycles. The number of hydroxylamine groups is 2. The highest BCUT2D eigenvalue weighted by molar-refractivity contribution is 6.46. The molecule has 0 aromatic rings. The maximum Gasteiger partial charge on any atom is 0.141 e. The van der Waals surface area contributed by atoms with Crippen molar-refractivity contribution in [3.63, 3.8) is 0 Å². The minimum absolute atomic E-state index is 0.167. The van der Waals surface area contributed by atoms with Crippen molar-refractivity contribution < 1.29 is 4.76 Å². The van der Waals surface area contributed by atoms with E-state index < -0.39 is 4.76 Å². The molecule has 0 aliphatic carbocycles. The van der Waals surface area contributed by atoms with Crippen molar-refractivity contribution in [2.75, 3.05) is 13.1 Å². The summed E-state index contributed by atoms with van der Waals surface area (Å²) in [5.41, 5.74) is 0. The van der Waals surface area contributed by atoms with Crippen LogP contribution in [-0.2, 0) is 0 Å². The van der Waals surface area contributed by atoms with Crippen LogP contribution >= 0.6 is 23.2 Å². The molecule has 0 amide bonds. The minimum Gasteiger partial charge on any atom is -0.604 e. The lowest BCUT2D eigenvalue weighted by molar-refractivity contribution is -0.882. The Morgan fingerprint density at radius 3 is 2.79 bits per heavy atom. The SMILES string of the molecule is CCCCC[N+]1([O-])CC(Cl)=C(Cl)C=N1. The molecule has 80 valence electrons. The van der Waals surface area contributed by atoms with Crippen LogP contribution in [0.1, 0.15) is 26.2 Å². The van der Waals surface area contributed by atoms with Gasteiger partial charge in [-0.3, -0.25) is 0 Å². The monoisotopic (exact) mass is 236 g/mol. The van der Waals surface area contributed by atoms with Gasteiger partial charge in [-0.2, -0.15) is 0 Å². The smallest absolute Gasteiger partial charge is 0.141 e. The maximum absolute atomic E-state index is 11.9. The summed E-state index contributed by atoms with van der Waals surface area (Å²) < 4.78 is -0.616. The number of rotatable bonds is 4. The summed E-state index contributed by atoms with van der Waals surface area (Å²) in [5, 5.41) is 16.6. The molecular formula is C9H14Cl2N2O. The van der Waals surface area contributed by atoms with Gasteiger partial charge in [-0.05, 0) is 12.8 Å². The Morgan fingerprint density at radius 1 is 1.50 bits per heavy atom. The summed E-state index contributed by atoms with van der Waals surface area (Å²) >= 11 is 11.5. The van der Waals surface area contributed by atoms with E-state index in [9.17, 15) is 5.21 Å². The van der Waals surface area contributed by atoms with Crippen molar-refractivity contribution in [3.8, 4) is 0 Å².